The second-order valence-corrected chi connectivity index (χ2v) is 7.16. The lowest BCUT2D eigenvalue weighted by molar-refractivity contribution is 0.222. The van der Waals surface area contributed by atoms with Crippen LogP contribution in [0.4, 0.5) is 4.79 Å². The van der Waals surface area contributed by atoms with E-state index in [1.165, 1.54) is 17.7 Å². The molecule has 2 amide bonds. The largest absolute Gasteiger partial charge is 0.338 e. The van der Waals surface area contributed by atoms with Crippen molar-refractivity contribution in [2.45, 2.75) is 25.3 Å². The number of rotatable bonds is 7. The molecule has 1 atom stereocenters. The summed E-state index contributed by atoms with van der Waals surface area (Å²) in [5, 5.41) is 12.2. The molecule has 3 heterocycles. The van der Waals surface area contributed by atoms with Crippen LogP contribution in [0.25, 0.3) is 0 Å². The second kappa shape index (κ2) is 8.30. The summed E-state index contributed by atoms with van der Waals surface area (Å²) in [6, 6.07) is 4.43. The smallest absolute Gasteiger partial charge is 0.314 e. The molecule has 0 saturated carbocycles. The van der Waals surface area contributed by atoms with E-state index in [0.717, 1.165) is 25.1 Å². The molecule has 130 valence electrons. The van der Waals surface area contributed by atoms with Gasteiger partial charge in [-0.2, -0.15) is 5.10 Å². The van der Waals surface area contributed by atoms with Crippen molar-refractivity contribution in [1.29, 1.82) is 0 Å². The summed E-state index contributed by atoms with van der Waals surface area (Å²) < 4.78 is 1.77. The molecule has 0 bridgehead atoms. The number of aromatic nitrogens is 2. The molecule has 3 rings (SSSR count). The van der Waals surface area contributed by atoms with Crippen LogP contribution in [0.5, 0.6) is 0 Å². The highest BCUT2D eigenvalue weighted by Crippen LogP contribution is 2.27. The van der Waals surface area contributed by atoms with Gasteiger partial charge < -0.3 is 10.6 Å². The van der Waals surface area contributed by atoms with Crippen molar-refractivity contribution in [3.63, 3.8) is 0 Å². The van der Waals surface area contributed by atoms with Gasteiger partial charge in [-0.1, -0.05) is 6.07 Å². The standard InChI is InChI=1S/C17H25N5OS/c1-21-13-14(11-20-21)6-7-18-17(23)19-12-15(16-5-4-10-24-16)22-8-2-3-9-22/h4-5,10-11,13,15H,2-3,6-9,12H2,1H3,(H2,18,19,23). The summed E-state index contributed by atoms with van der Waals surface area (Å²) >= 11 is 1.76. The van der Waals surface area contributed by atoms with E-state index < -0.39 is 0 Å². The Hall–Kier alpha value is -1.86. The summed E-state index contributed by atoms with van der Waals surface area (Å²) in [7, 11) is 1.90. The minimum Gasteiger partial charge on any atom is -0.338 e. The number of hydrogen-bond donors (Lipinski definition) is 2. The monoisotopic (exact) mass is 347 g/mol. The number of likely N-dealkylation sites (tertiary alicyclic amines) is 1. The second-order valence-electron chi connectivity index (χ2n) is 6.18. The maximum Gasteiger partial charge on any atom is 0.314 e. The lowest BCUT2D eigenvalue weighted by Gasteiger charge is -2.26. The Morgan fingerprint density at radius 2 is 2.21 bits per heavy atom. The van der Waals surface area contributed by atoms with Crippen LogP contribution in [0.3, 0.4) is 0 Å². The Kier molecular flexibility index (Phi) is 5.87. The molecule has 0 aromatic carbocycles. The van der Waals surface area contributed by atoms with Crippen molar-refractivity contribution in [3.05, 3.63) is 40.3 Å². The SMILES string of the molecule is Cn1cc(CCNC(=O)NCC(c2cccs2)N2CCCC2)cn1. The molecular formula is C17H25N5OS. The van der Waals surface area contributed by atoms with Gasteiger partial charge in [-0.05, 0) is 49.4 Å². The van der Waals surface area contributed by atoms with Crippen LogP contribution in [-0.2, 0) is 13.5 Å². The fraction of sp³-hybridized carbons (Fsp3) is 0.529. The highest BCUT2D eigenvalue weighted by atomic mass is 32.1. The number of nitrogens with one attached hydrogen (secondary N) is 2. The first kappa shape index (κ1) is 17.0. The minimum atomic E-state index is -0.0976. The number of hydrogen-bond acceptors (Lipinski definition) is 4. The van der Waals surface area contributed by atoms with Gasteiger partial charge in [-0.15, -0.1) is 11.3 Å². The Bertz CT molecular complexity index is 633. The fourth-order valence-electron chi connectivity index (χ4n) is 3.12. The van der Waals surface area contributed by atoms with Gasteiger partial charge in [0, 0.05) is 31.2 Å². The molecule has 7 heteroatoms. The molecule has 1 fully saturated rings. The molecule has 2 aromatic rings. The number of urea groups is 1. The van der Waals surface area contributed by atoms with Crippen molar-refractivity contribution >= 4 is 17.4 Å². The molecule has 1 saturated heterocycles. The topological polar surface area (TPSA) is 62.2 Å². The molecule has 0 aliphatic carbocycles. The van der Waals surface area contributed by atoms with Crippen LogP contribution in [0, 0.1) is 0 Å². The number of amides is 2. The normalized spacial score (nSPS) is 16.2. The van der Waals surface area contributed by atoms with Crippen molar-refractivity contribution in [1.82, 2.24) is 25.3 Å². The van der Waals surface area contributed by atoms with E-state index in [1.54, 1.807) is 16.0 Å². The van der Waals surface area contributed by atoms with Gasteiger partial charge in [0.1, 0.15) is 0 Å². The Labute approximate surface area is 146 Å². The van der Waals surface area contributed by atoms with Gasteiger partial charge in [0.2, 0.25) is 0 Å². The number of thiophene rings is 1. The van der Waals surface area contributed by atoms with Crippen LogP contribution in [0.2, 0.25) is 0 Å². The van der Waals surface area contributed by atoms with Crippen LogP contribution in [0.1, 0.15) is 29.3 Å². The van der Waals surface area contributed by atoms with Gasteiger partial charge in [-0.3, -0.25) is 9.58 Å². The lowest BCUT2D eigenvalue weighted by atomic mass is 10.2. The van der Waals surface area contributed by atoms with E-state index in [4.69, 9.17) is 0 Å². The van der Waals surface area contributed by atoms with Gasteiger partial charge in [0.15, 0.2) is 0 Å². The van der Waals surface area contributed by atoms with Crippen molar-refractivity contribution in [2.75, 3.05) is 26.2 Å². The molecule has 24 heavy (non-hydrogen) atoms. The van der Waals surface area contributed by atoms with E-state index >= 15 is 0 Å². The third-order valence-corrected chi connectivity index (χ3v) is 5.34. The molecule has 2 N–H and O–H groups in total. The maximum atomic E-state index is 12.1. The summed E-state index contributed by atoms with van der Waals surface area (Å²) in [4.78, 5) is 15.9. The maximum absolute atomic E-state index is 12.1. The zero-order valence-electron chi connectivity index (χ0n) is 14.1. The number of aryl methyl sites for hydroxylation is 1. The number of carbonyl (C=O) groups excluding carboxylic acids is 1. The zero-order valence-corrected chi connectivity index (χ0v) is 14.9. The molecule has 2 aromatic heterocycles. The van der Waals surface area contributed by atoms with Crippen LogP contribution in [-0.4, -0.2) is 46.9 Å². The van der Waals surface area contributed by atoms with E-state index in [0.29, 0.717) is 13.1 Å². The summed E-state index contributed by atoms with van der Waals surface area (Å²) in [6.45, 7) is 3.50. The summed E-state index contributed by atoms with van der Waals surface area (Å²) in [6.07, 6.45) is 7.10. The van der Waals surface area contributed by atoms with Gasteiger partial charge in [-0.25, -0.2) is 4.79 Å². The predicted molar refractivity (Wildman–Crippen MR) is 96.2 cm³/mol. The number of carbonyl (C=O) groups is 1. The molecule has 1 unspecified atom stereocenters. The first-order chi connectivity index (χ1) is 11.7. The molecule has 6 nitrogen and oxygen atoms in total. The molecule has 0 spiro atoms. The molecule has 0 radical (unpaired) electrons. The van der Waals surface area contributed by atoms with E-state index in [9.17, 15) is 4.79 Å². The molecular weight excluding hydrogens is 322 g/mol. The van der Waals surface area contributed by atoms with E-state index in [1.807, 2.05) is 19.4 Å². The van der Waals surface area contributed by atoms with E-state index in [-0.39, 0.29) is 12.1 Å². The van der Waals surface area contributed by atoms with Crippen LogP contribution >= 0.6 is 11.3 Å². The quantitative estimate of drug-likeness (QED) is 0.807. The lowest BCUT2D eigenvalue weighted by Crippen LogP contribution is -2.41. The minimum absolute atomic E-state index is 0.0976. The zero-order chi connectivity index (χ0) is 16.8. The molecule has 1 aliphatic rings. The van der Waals surface area contributed by atoms with Crippen molar-refractivity contribution in [2.24, 2.45) is 7.05 Å². The number of nitrogens with zero attached hydrogens (tertiary/aromatic N) is 3. The fourth-order valence-corrected chi connectivity index (χ4v) is 3.98. The van der Waals surface area contributed by atoms with Gasteiger partial charge in [0.25, 0.3) is 0 Å². The third-order valence-electron chi connectivity index (χ3n) is 4.37. The van der Waals surface area contributed by atoms with Crippen molar-refractivity contribution < 1.29 is 4.79 Å². The van der Waals surface area contributed by atoms with Crippen LogP contribution < -0.4 is 10.6 Å². The Morgan fingerprint density at radius 3 is 2.88 bits per heavy atom. The first-order valence-electron chi connectivity index (χ1n) is 8.49. The summed E-state index contributed by atoms with van der Waals surface area (Å²) in [5.74, 6) is 0. The van der Waals surface area contributed by atoms with Crippen molar-refractivity contribution in [3.8, 4) is 0 Å². The van der Waals surface area contributed by atoms with Gasteiger partial charge >= 0.3 is 6.03 Å². The first-order valence-corrected chi connectivity index (χ1v) is 9.37. The van der Waals surface area contributed by atoms with Gasteiger partial charge in [0.05, 0.1) is 12.2 Å². The Morgan fingerprint density at radius 1 is 1.38 bits per heavy atom. The molecule has 1 aliphatic heterocycles. The van der Waals surface area contributed by atoms with Crippen LogP contribution in [0.15, 0.2) is 29.9 Å². The summed E-state index contributed by atoms with van der Waals surface area (Å²) in [5.41, 5.74) is 1.13. The highest BCUT2D eigenvalue weighted by molar-refractivity contribution is 7.10. The highest BCUT2D eigenvalue weighted by Gasteiger charge is 2.24. The van der Waals surface area contributed by atoms with E-state index in [2.05, 4.69) is 38.1 Å². The average Bonchev–Trinajstić information content (AvgIpc) is 3.30. The predicted octanol–water partition coefficient (Wildman–Crippen LogP) is 2.16. The Balaban J connectivity index is 1.44. The third kappa shape index (κ3) is 4.58. The average molecular weight is 347 g/mol.